The number of urea groups is 1. The maximum absolute atomic E-state index is 12.0. The van der Waals surface area contributed by atoms with Crippen molar-refractivity contribution in [3.05, 3.63) is 24.3 Å². The Kier molecular flexibility index (Phi) is 4.32. The number of carboxylic acids is 1. The van der Waals surface area contributed by atoms with Gasteiger partial charge in [-0.2, -0.15) is 0 Å². The van der Waals surface area contributed by atoms with Gasteiger partial charge in [-0.15, -0.1) is 0 Å². The van der Waals surface area contributed by atoms with Gasteiger partial charge in [0.05, 0.1) is 12.1 Å². The van der Waals surface area contributed by atoms with Crippen LogP contribution in [0.2, 0.25) is 0 Å². The van der Waals surface area contributed by atoms with Crippen LogP contribution >= 0.6 is 0 Å². The maximum atomic E-state index is 12.0. The lowest BCUT2D eigenvalue weighted by Crippen LogP contribution is -2.36. The molecular formula is C14H18N2O5. The van der Waals surface area contributed by atoms with E-state index in [0.717, 1.165) is 0 Å². The van der Waals surface area contributed by atoms with Gasteiger partial charge in [0, 0.05) is 18.3 Å². The maximum Gasteiger partial charge on any atom is 0.341 e. The van der Waals surface area contributed by atoms with E-state index in [-0.39, 0.29) is 12.6 Å². The van der Waals surface area contributed by atoms with E-state index < -0.39 is 18.2 Å². The van der Waals surface area contributed by atoms with E-state index in [1.807, 2.05) is 0 Å². The van der Waals surface area contributed by atoms with Crippen LogP contribution < -0.4 is 10.1 Å². The van der Waals surface area contributed by atoms with Gasteiger partial charge in [0.2, 0.25) is 0 Å². The van der Waals surface area contributed by atoms with Crippen molar-refractivity contribution in [3.63, 3.8) is 0 Å². The number of benzene rings is 1. The van der Waals surface area contributed by atoms with Crippen molar-refractivity contribution in [2.45, 2.75) is 18.9 Å². The van der Waals surface area contributed by atoms with Gasteiger partial charge in [0.1, 0.15) is 5.75 Å². The molecule has 1 heterocycles. The number of hydrogen-bond acceptors (Lipinski definition) is 4. The highest BCUT2D eigenvalue weighted by atomic mass is 16.5. The molecule has 0 bridgehead atoms. The second-order valence-corrected chi connectivity index (χ2v) is 5.31. The number of carbonyl (C=O) groups excluding carboxylic acids is 1. The van der Waals surface area contributed by atoms with Gasteiger partial charge >= 0.3 is 12.0 Å². The minimum absolute atomic E-state index is 0.286. The molecule has 7 heteroatoms. The smallest absolute Gasteiger partial charge is 0.341 e. The molecule has 1 saturated heterocycles. The third-order valence-corrected chi connectivity index (χ3v) is 3.19. The largest absolute Gasteiger partial charge is 0.482 e. The molecule has 2 rings (SSSR count). The molecule has 3 N–H and O–H groups in total. The van der Waals surface area contributed by atoms with E-state index in [9.17, 15) is 14.7 Å². The summed E-state index contributed by atoms with van der Waals surface area (Å²) in [5.41, 5.74) is -0.335. The molecule has 1 aromatic carbocycles. The molecular weight excluding hydrogens is 276 g/mol. The highest BCUT2D eigenvalue weighted by Gasteiger charge is 2.33. The summed E-state index contributed by atoms with van der Waals surface area (Å²) in [4.78, 5) is 24.0. The molecule has 0 spiro atoms. The van der Waals surface area contributed by atoms with E-state index >= 15 is 0 Å². The van der Waals surface area contributed by atoms with Crippen LogP contribution in [0.1, 0.15) is 13.3 Å². The first-order chi connectivity index (χ1) is 9.85. The fourth-order valence-corrected chi connectivity index (χ4v) is 2.13. The summed E-state index contributed by atoms with van der Waals surface area (Å²) in [6.45, 7) is 2.04. The Balaban J connectivity index is 1.95. The van der Waals surface area contributed by atoms with Crippen molar-refractivity contribution in [1.29, 1.82) is 0 Å². The van der Waals surface area contributed by atoms with Gasteiger partial charge in [-0.25, -0.2) is 9.59 Å². The first-order valence-corrected chi connectivity index (χ1v) is 6.59. The van der Waals surface area contributed by atoms with Crippen LogP contribution in [0.15, 0.2) is 24.3 Å². The van der Waals surface area contributed by atoms with E-state index in [0.29, 0.717) is 24.4 Å². The zero-order chi connectivity index (χ0) is 15.5. The molecule has 1 atom stereocenters. The molecule has 0 radical (unpaired) electrons. The van der Waals surface area contributed by atoms with Crippen LogP contribution in [0.4, 0.5) is 10.5 Å². The van der Waals surface area contributed by atoms with Crippen LogP contribution in [0, 0.1) is 0 Å². The van der Waals surface area contributed by atoms with Gasteiger partial charge in [-0.05, 0) is 25.5 Å². The van der Waals surface area contributed by atoms with Gasteiger partial charge in [-0.3, -0.25) is 0 Å². The Bertz CT molecular complexity index is 544. The molecule has 7 nitrogen and oxygen atoms in total. The molecule has 0 saturated carbocycles. The van der Waals surface area contributed by atoms with E-state index in [1.165, 1.54) is 4.90 Å². The Morgan fingerprint density at radius 3 is 2.86 bits per heavy atom. The van der Waals surface area contributed by atoms with Gasteiger partial charge in [-0.1, -0.05) is 6.07 Å². The number of carboxylic acid groups (broad SMARTS) is 1. The molecule has 1 aliphatic heterocycles. The summed E-state index contributed by atoms with van der Waals surface area (Å²) in [5, 5.41) is 21.1. The Labute approximate surface area is 122 Å². The third kappa shape index (κ3) is 4.35. The summed E-state index contributed by atoms with van der Waals surface area (Å²) in [5.74, 6) is -0.702. The molecule has 1 aliphatic rings. The van der Waals surface area contributed by atoms with Gasteiger partial charge in [0.15, 0.2) is 6.61 Å². The van der Waals surface area contributed by atoms with Gasteiger partial charge in [0.25, 0.3) is 0 Å². The number of amides is 2. The number of carbonyl (C=O) groups is 2. The number of nitrogens with zero attached hydrogens (tertiary/aromatic N) is 1. The standard InChI is InChI=1S/C14H18N2O5/c1-14(20)5-6-16(9-14)13(19)15-10-3-2-4-11(7-10)21-8-12(17)18/h2-4,7,20H,5-6,8-9H2,1H3,(H,15,19)(H,17,18). The fourth-order valence-electron chi connectivity index (χ4n) is 2.13. The van der Waals surface area contributed by atoms with Crippen molar-refractivity contribution in [2.75, 3.05) is 25.0 Å². The van der Waals surface area contributed by atoms with Crippen LogP contribution in [0.5, 0.6) is 5.75 Å². The molecule has 114 valence electrons. The SMILES string of the molecule is CC1(O)CCN(C(=O)Nc2cccc(OCC(=O)O)c2)C1. The third-order valence-electron chi connectivity index (χ3n) is 3.19. The number of ether oxygens (including phenoxy) is 1. The van der Waals surface area contributed by atoms with E-state index in [4.69, 9.17) is 9.84 Å². The molecule has 1 fully saturated rings. The molecule has 1 aromatic rings. The van der Waals surface area contributed by atoms with Crippen molar-refractivity contribution in [2.24, 2.45) is 0 Å². The highest BCUT2D eigenvalue weighted by Crippen LogP contribution is 2.22. The second kappa shape index (κ2) is 6.01. The summed E-state index contributed by atoms with van der Waals surface area (Å²) in [6.07, 6.45) is 0.544. The number of anilines is 1. The van der Waals surface area contributed by atoms with Crippen LogP contribution in [-0.4, -0.2) is 52.4 Å². The number of rotatable bonds is 4. The first-order valence-electron chi connectivity index (χ1n) is 6.59. The number of nitrogens with one attached hydrogen (secondary N) is 1. The lowest BCUT2D eigenvalue weighted by atomic mass is 10.1. The highest BCUT2D eigenvalue weighted by molar-refractivity contribution is 5.89. The Morgan fingerprint density at radius 2 is 2.24 bits per heavy atom. The topological polar surface area (TPSA) is 99.1 Å². The quantitative estimate of drug-likeness (QED) is 0.773. The van der Waals surface area contributed by atoms with Crippen LogP contribution in [0.3, 0.4) is 0 Å². The predicted octanol–water partition coefficient (Wildman–Crippen LogP) is 1.14. The molecule has 0 aromatic heterocycles. The summed E-state index contributed by atoms with van der Waals surface area (Å²) in [6, 6.07) is 6.20. The van der Waals surface area contributed by atoms with E-state index in [1.54, 1.807) is 31.2 Å². The second-order valence-electron chi connectivity index (χ2n) is 5.31. The van der Waals surface area contributed by atoms with Crippen molar-refractivity contribution in [3.8, 4) is 5.75 Å². The lowest BCUT2D eigenvalue weighted by molar-refractivity contribution is -0.139. The summed E-state index contributed by atoms with van der Waals surface area (Å²) < 4.78 is 5.04. The predicted molar refractivity (Wildman–Crippen MR) is 75.4 cm³/mol. The average molecular weight is 294 g/mol. The van der Waals surface area contributed by atoms with Crippen LogP contribution in [0.25, 0.3) is 0 Å². The zero-order valence-corrected chi connectivity index (χ0v) is 11.7. The minimum atomic E-state index is -1.07. The number of likely N-dealkylation sites (tertiary alicyclic amines) is 1. The first kappa shape index (κ1) is 15.1. The summed E-state index contributed by atoms with van der Waals surface area (Å²) >= 11 is 0. The molecule has 0 aliphatic carbocycles. The fraction of sp³-hybridized carbons (Fsp3) is 0.429. The van der Waals surface area contributed by atoms with Crippen molar-refractivity contribution >= 4 is 17.7 Å². The number of aliphatic carboxylic acids is 1. The van der Waals surface area contributed by atoms with Crippen molar-refractivity contribution in [1.82, 2.24) is 4.90 Å². The Hall–Kier alpha value is -2.28. The number of β-amino-alcohol motifs (C(OH)–C–C–N with tert-alkyl or cyclic N) is 1. The van der Waals surface area contributed by atoms with Crippen molar-refractivity contribution < 1.29 is 24.5 Å². The van der Waals surface area contributed by atoms with Crippen LogP contribution in [-0.2, 0) is 4.79 Å². The lowest BCUT2D eigenvalue weighted by Gasteiger charge is -2.19. The normalized spacial score (nSPS) is 21.1. The Morgan fingerprint density at radius 1 is 1.48 bits per heavy atom. The molecule has 1 unspecified atom stereocenters. The van der Waals surface area contributed by atoms with Gasteiger partial charge < -0.3 is 25.2 Å². The minimum Gasteiger partial charge on any atom is -0.482 e. The average Bonchev–Trinajstić information content (AvgIpc) is 2.77. The molecule has 21 heavy (non-hydrogen) atoms. The number of hydrogen-bond donors (Lipinski definition) is 3. The molecule has 2 amide bonds. The monoisotopic (exact) mass is 294 g/mol. The zero-order valence-electron chi connectivity index (χ0n) is 11.7. The summed E-state index contributed by atoms with van der Waals surface area (Å²) in [7, 11) is 0. The number of aliphatic hydroxyl groups is 1. The van der Waals surface area contributed by atoms with E-state index in [2.05, 4.69) is 5.32 Å².